The van der Waals surface area contributed by atoms with E-state index in [4.69, 9.17) is 5.73 Å². The number of nitrogens with two attached hydrogens (primary N) is 1. The van der Waals surface area contributed by atoms with E-state index in [1.165, 1.54) is 17.3 Å². The van der Waals surface area contributed by atoms with E-state index in [9.17, 15) is 4.39 Å². The quantitative estimate of drug-likeness (QED) is 0.929. The molecule has 3 heteroatoms. The van der Waals surface area contributed by atoms with Crippen molar-refractivity contribution in [3.05, 3.63) is 59.4 Å². The van der Waals surface area contributed by atoms with Crippen molar-refractivity contribution in [2.24, 2.45) is 5.73 Å². The predicted octanol–water partition coefficient (Wildman–Crippen LogP) is 3.80. The largest absolute Gasteiger partial charge is 0.338 e. The number of halogens is 1. The molecule has 1 aliphatic heterocycles. The topological polar surface area (TPSA) is 29.3 Å². The summed E-state index contributed by atoms with van der Waals surface area (Å²) in [6, 6.07) is 14.1. The van der Waals surface area contributed by atoms with Gasteiger partial charge in [0.05, 0.1) is 0 Å². The van der Waals surface area contributed by atoms with Gasteiger partial charge in [-0.25, -0.2) is 4.39 Å². The minimum absolute atomic E-state index is 0.159. The second-order valence-corrected chi connectivity index (χ2v) is 5.66. The van der Waals surface area contributed by atoms with Gasteiger partial charge in [-0.3, -0.25) is 0 Å². The molecule has 1 unspecified atom stereocenters. The van der Waals surface area contributed by atoms with E-state index < -0.39 is 0 Å². The number of hydrogen-bond donors (Lipinski definition) is 1. The van der Waals surface area contributed by atoms with Crippen molar-refractivity contribution in [1.29, 1.82) is 0 Å². The molecule has 0 fully saturated rings. The lowest BCUT2D eigenvalue weighted by molar-refractivity contribution is 0.594. The number of benzene rings is 2. The van der Waals surface area contributed by atoms with Crippen LogP contribution in [0.1, 0.15) is 24.5 Å². The smallest absolute Gasteiger partial charge is 0.128 e. The summed E-state index contributed by atoms with van der Waals surface area (Å²) in [7, 11) is 0. The number of rotatable bonds is 3. The van der Waals surface area contributed by atoms with Crippen molar-refractivity contribution in [2.45, 2.75) is 32.2 Å². The van der Waals surface area contributed by atoms with Crippen LogP contribution in [-0.4, -0.2) is 12.6 Å². The van der Waals surface area contributed by atoms with Gasteiger partial charge in [0.25, 0.3) is 0 Å². The van der Waals surface area contributed by atoms with Crippen LogP contribution in [-0.2, 0) is 12.8 Å². The molecular formula is C18H21FN2. The lowest BCUT2D eigenvalue weighted by atomic mass is 9.94. The van der Waals surface area contributed by atoms with Gasteiger partial charge in [-0.2, -0.15) is 0 Å². The molecule has 2 N–H and O–H groups in total. The van der Waals surface area contributed by atoms with E-state index in [0.29, 0.717) is 19.0 Å². The maximum atomic E-state index is 14.2. The zero-order chi connectivity index (χ0) is 14.8. The molecule has 0 saturated heterocycles. The molecule has 2 aromatic carbocycles. The average molecular weight is 284 g/mol. The Morgan fingerprint density at radius 3 is 2.71 bits per heavy atom. The van der Waals surface area contributed by atoms with E-state index in [1.807, 2.05) is 12.1 Å². The minimum atomic E-state index is -0.159. The van der Waals surface area contributed by atoms with Crippen molar-refractivity contribution >= 4 is 11.4 Å². The first kappa shape index (κ1) is 14.1. The molecule has 1 heterocycles. The SMILES string of the molecule is CC1CCc2ccccc2N1c1cccc(F)c1CCN. The Kier molecular flexibility index (Phi) is 3.93. The van der Waals surface area contributed by atoms with Gasteiger partial charge in [0.1, 0.15) is 5.82 Å². The average Bonchev–Trinajstić information content (AvgIpc) is 2.50. The van der Waals surface area contributed by atoms with Crippen LogP contribution in [0.4, 0.5) is 15.8 Å². The van der Waals surface area contributed by atoms with Crippen molar-refractivity contribution < 1.29 is 4.39 Å². The summed E-state index contributed by atoms with van der Waals surface area (Å²) in [4.78, 5) is 2.27. The summed E-state index contributed by atoms with van der Waals surface area (Å²) in [6.07, 6.45) is 2.72. The second kappa shape index (κ2) is 5.86. The molecule has 3 rings (SSSR count). The monoisotopic (exact) mass is 284 g/mol. The highest BCUT2D eigenvalue weighted by molar-refractivity contribution is 5.71. The molecular weight excluding hydrogens is 263 g/mol. The number of anilines is 2. The van der Waals surface area contributed by atoms with Gasteiger partial charge < -0.3 is 10.6 Å². The third kappa shape index (κ3) is 2.54. The van der Waals surface area contributed by atoms with Crippen LogP contribution in [0.3, 0.4) is 0 Å². The van der Waals surface area contributed by atoms with Gasteiger partial charge in [-0.1, -0.05) is 24.3 Å². The molecule has 110 valence electrons. The summed E-state index contributed by atoms with van der Waals surface area (Å²) in [5.74, 6) is -0.159. The molecule has 1 aliphatic rings. The fraction of sp³-hybridized carbons (Fsp3) is 0.333. The normalized spacial score (nSPS) is 17.7. The van der Waals surface area contributed by atoms with E-state index in [-0.39, 0.29) is 5.82 Å². The van der Waals surface area contributed by atoms with Crippen LogP contribution < -0.4 is 10.6 Å². The lowest BCUT2D eigenvalue weighted by Gasteiger charge is -2.38. The first-order valence-electron chi connectivity index (χ1n) is 7.57. The first-order valence-corrected chi connectivity index (χ1v) is 7.57. The molecule has 2 aromatic rings. The van der Waals surface area contributed by atoms with Crippen LogP contribution in [0, 0.1) is 5.82 Å². The molecule has 2 nitrogen and oxygen atoms in total. The van der Waals surface area contributed by atoms with Crippen molar-refractivity contribution in [3.63, 3.8) is 0 Å². The molecule has 0 aliphatic carbocycles. The van der Waals surface area contributed by atoms with Crippen molar-refractivity contribution in [2.75, 3.05) is 11.4 Å². The summed E-state index contributed by atoms with van der Waals surface area (Å²) in [6.45, 7) is 2.66. The van der Waals surface area contributed by atoms with Crippen LogP contribution >= 0.6 is 0 Å². The van der Waals surface area contributed by atoms with E-state index >= 15 is 0 Å². The Labute approximate surface area is 125 Å². The van der Waals surface area contributed by atoms with Crippen LogP contribution in [0.15, 0.2) is 42.5 Å². The number of para-hydroxylation sites is 1. The zero-order valence-corrected chi connectivity index (χ0v) is 12.3. The summed E-state index contributed by atoms with van der Waals surface area (Å²) < 4.78 is 14.2. The van der Waals surface area contributed by atoms with Gasteiger partial charge in [-0.05, 0) is 56.5 Å². The Hall–Kier alpha value is -1.87. The summed E-state index contributed by atoms with van der Waals surface area (Å²) in [5.41, 5.74) is 9.88. The second-order valence-electron chi connectivity index (χ2n) is 5.66. The number of fused-ring (bicyclic) bond motifs is 1. The highest BCUT2D eigenvalue weighted by atomic mass is 19.1. The minimum Gasteiger partial charge on any atom is -0.338 e. The summed E-state index contributed by atoms with van der Waals surface area (Å²) in [5, 5.41) is 0. The third-order valence-electron chi connectivity index (χ3n) is 4.27. The van der Waals surface area contributed by atoms with E-state index in [2.05, 4.69) is 30.0 Å². The van der Waals surface area contributed by atoms with Crippen molar-refractivity contribution in [1.82, 2.24) is 0 Å². The first-order chi connectivity index (χ1) is 10.2. The molecule has 1 atom stereocenters. The zero-order valence-electron chi connectivity index (χ0n) is 12.3. The molecule has 0 aromatic heterocycles. The molecule has 0 amide bonds. The van der Waals surface area contributed by atoms with Gasteiger partial charge >= 0.3 is 0 Å². The molecule has 0 radical (unpaired) electrons. The molecule has 0 bridgehead atoms. The fourth-order valence-electron chi connectivity index (χ4n) is 3.22. The highest BCUT2D eigenvalue weighted by Crippen LogP contribution is 2.38. The Morgan fingerprint density at radius 2 is 1.90 bits per heavy atom. The van der Waals surface area contributed by atoms with Crippen LogP contribution in [0.25, 0.3) is 0 Å². The fourth-order valence-corrected chi connectivity index (χ4v) is 3.22. The predicted molar refractivity (Wildman–Crippen MR) is 85.5 cm³/mol. The van der Waals surface area contributed by atoms with Crippen molar-refractivity contribution in [3.8, 4) is 0 Å². The Bertz CT molecular complexity index is 639. The maximum Gasteiger partial charge on any atom is 0.128 e. The third-order valence-corrected chi connectivity index (χ3v) is 4.27. The van der Waals surface area contributed by atoms with E-state index in [1.54, 1.807) is 6.07 Å². The molecule has 21 heavy (non-hydrogen) atoms. The number of hydrogen-bond acceptors (Lipinski definition) is 2. The van der Waals surface area contributed by atoms with Gasteiger partial charge in [0.2, 0.25) is 0 Å². The van der Waals surface area contributed by atoms with Gasteiger partial charge in [0.15, 0.2) is 0 Å². The Balaban J connectivity index is 2.14. The summed E-state index contributed by atoms with van der Waals surface area (Å²) >= 11 is 0. The lowest BCUT2D eigenvalue weighted by Crippen LogP contribution is -2.34. The van der Waals surface area contributed by atoms with Crippen LogP contribution in [0.2, 0.25) is 0 Å². The number of aryl methyl sites for hydroxylation is 1. The number of nitrogens with zero attached hydrogens (tertiary/aromatic N) is 1. The maximum absolute atomic E-state index is 14.2. The van der Waals surface area contributed by atoms with Gasteiger partial charge in [0, 0.05) is 23.0 Å². The highest BCUT2D eigenvalue weighted by Gasteiger charge is 2.26. The van der Waals surface area contributed by atoms with Gasteiger partial charge in [-0.15, -0.1) is 0 Å². The van der Waals surface area contributed by atoms with Crippen LogP contribution in [0.5, 0.6) is 0 Å². The Morgan fingerprint density at radius 1 is 1.14 bits per heavy atom. The van der Waals surface area contributed by atoms with E-state index in [0.717, 1.165) is 24.1 Å². The standard InChI is InChI=1S/C18H21FN2/c1-13-9-10-14-5-2-3-7-17(14)21(13)18-8-4-6-16(19)15(18)11-12-20/h2-8,13H,9-12,20H2,1H3. The molecule has 0 spiro atoms. The molecule has 0 saturated carbocycles.